The molecule has 2 unspecified atom stereocenters. The van der Waals surface area contributed by atoms with Crippen LogP contribution in [0.3, 0.4) is 0 Å². The summed E-state index contributed by atoms with van der Waals surface area (Å²) in [6.45, 7) is 14.2. The molecule has 2 bridgehead atoms. The van der Waals surface area contributed by atoms with E-state index in [0.717, 1.165) is 32.1 Å². The molecule has 6 atom stereocenters. The second-order valence-electron chi connectivity index (χ2n) is 12.5. The molecule has 1 spiro atoms. The molecule has 0 radical (unpaired) electrons. The Morgan fingerprint density at radius 1 is 1.13 bits per heavy atom. The molecule has 1 aliphatic carbocycles. The Labute approximate surface area is 228 Å². The lowest BCUT2D eigenvalue weighted by Gasteiger charge is -2.42. The van der Waals surface area contributed by atoms with E-state index in [2.05, 4.69) is 13.2 Å². The molecule has 1 saturated carbocycles. The summed E-state index contributed by atoms with van der Waals surface area (Å²) in [5.41, 5.74) is -1.91. The Morgan fingerprint density at radius 2 is 1.79 bits per heavy atom. The van der Waals surface area contributed by atoms with Gasteiger partial charge in [-0.15, -0.1) is 13.2 Å². The van der Waals surface area contributed by atoms with Crippen molar-refractivity contribution in [2.75, 3.05) is 26.7 Å². The third-order valence-electron chi connectivity index (χ3n) is 9.47. The van der Waals surface area contributed by atoms with E-state index in [4.69, 9.17) is 4.74 Å². The maximum atomic E-state index is 14.7. The van der Waals surface area contributed by atoms with Gasteiger partial charge in [0.2, 0.25) is 17.7 Å². The average Bonchev–Trinajstić information content (AvgIpc) is 3.46. The number of amides is 3. The molecule has 4 rings (SSSR count). The molecule has 0 aromatic heterocycles. The maximum absolute atomic E-state index is 14.7. The van der Waals surface area contributed by atoms with Crippen LogP contribution >= 0.6 is 0 Å². The highest BCUT2D eigenvalue weighted by atomic mass is 16.5. The number of hydrogen-bond donors (Lipinski definition) is 1. The molecular formula is C30H47N3O5. The fourth-order valence-electron chi connectivity index (χ4n) is 7.86. The minimum atomic E-state index is -1.09. The molecule has 3 amide bonds. The number of ether oxygens (including phenoxy) is 1. The third kappa shape index (κ3) is 4.61. The first kappa shape index (κ1) is 28.8. The van der Waals surface area contributed by atoms with Crippen LogP contribution in [0.2, 0.25) is 0 Å². The summed E-state index contributed by atoms with van der Waals surface area (Å²) in [4.78, 5) is 48.0. The van der Waals surface area contributed by atoms with Crippen LogP contribution in [0, 0.1) is 17.8 Å². The number of aliphatic hydroxyl groups excluding tert-OH is 1. The van der Waals surface area contributed by atoms with Crippen LogP contribution < -0.4 is 0 Å². The number of likely N-dealkylation sites (tertiary alicyclic amines) is 1. The van der Waals surface area contributed by atoms with Crippen molar-refractivity contribution in [2.45, 2.75) is 101 Å². The molecule has 0 aromatic carbocycles. The molecule has 3 saturated heterocycles. The minimum absolute atomic E-state index is 0.0877. The molecule has 0 aromatic rings. The van der Waals surface area contributed by atoms with E-state index in [1.165, 1.54) is 0 Å². The summed E-state index contributed by atoms with van der Waals surface area (Å²) >= 11 is 0. The van der Waals surface area contributed by atoms with E-state index in [9.17, 15) is 19.5 Å². The number of rotatable bonds is 11. The van der Waals surface area contributed by atoms with Crippen molar-refractivity contribution in [1.29, 1.82) is 0 Å². The summed E-state index contributed by atoms with van der Waals surface area (Å²) in [7, 11) is 1.72. The fraction of sp³-hybridized carbons (Fsp3) is 0.767. The van der Waals surface area contributed by atoms with Gasteiger partial charge in [0, 0.05) is 26.2 Å². The number of hydrogen-bond acceptors (Lipinski definition) is 5. The molecule has 212 valence electrons. The lowest BCUT2D eigenvalue weighted by atomic mass is 9.66. The summed E-state index contributed by atoms with van der Waals surface area (Å²) in [6.07, 6.45) is 10.3. The van der Waals surface area contributed by atoms with E-state index in [-0.39, 0.29) is 36.3 Å². The molecule has 1 N–H and O–H groups in total. The van der Waals surface area contributed by atoms with Crippen LogP contribution in [0.5, 0.6) is 0 Å². The summed E-state index contributed by atoms with van der Waals surface area (Å²) in [6, 6.07) is -1.31. The van der Waals surface area contributed by atoms with Crippen LogP contribution in [0.25, 0.3) is 0 Å². The fourth-order valence-corrected chi connectivity index (χ4v) is 7.86. The van der Waals surface area contributed by atoms with Gasteiger partial charge in [0.25, 0.3) is 0 Å². The Bertz CT molecular complexity index is 946. The van der Waals surface area contributed by atoms with E-state index in [0.29, 0.717) is 32.4 Å². The predicted octanol–water partition coefficient (Wildman–Crippen LogP) is 3.15. The van der Waals surface area contributed by atoms with Crippen molar-refractivity contribution in [3.05, 3.63) is 25.3 Å². The molecule has 38 heavy (non-hydrogen) atoms. The third-order valence-corrected chi connectivity index (χ3v) is 9.47. The van der Waals surface area contributed by atoms with Gasteiger partial charge < -0.3 is 24.5 Å². The van der Waals surface area contributed by atoms with Gasteiger partial charge >= 0.3 is 0 Å². The Morgan fingerprint density at radius 3 is 2.37 bits per heavy atom. The van der Waals surface area contributed by atoms with E-state index < -0.39 is 35.1 Å². The zero-order valence-electron chi connectivity index (χ0n) is 23.7. The zero-order chi connectivity index (χ0) is 27.8. The normalized spacial score (nSPS) is 33.4. The van der Waals surface area contributed by atoms with Crippen LogP contribution in [0.1, 0.15) is 72.1 Å². The highest BCUT2D eigenvalue weighted by Gasteiger charge is 2.78. The standard InChI is InChI=1S/C30H47N3O5/c1-7-16-31(6)26(35)23-24-27(36)33(22(19-34)18-20(3)4)25(30(24)15-14-29(23,5)38-30)28(37)32(17-8-2)21-12-10-9-11-13-21/h7-8,20-25,34H,1-2,9-19H2,3-6H3/t22-,23-,24+,25?,29+,30?/m1/s1. The summed E-state index contributed by atoms with van der Waals surface area (Å²) in [5.74, 6) is -1.75. The van der Waals surface area contributed by atoms with Gasteiger partial charge in [-0.1, -0.05) is 45.3 Å². The number of nitrogens with zero attached hydrogens (tertiary/aromatic N) is 3. The first-order chi connectivity index (χ1) is 18.1. The van der Waals surface area contributed by atoms with Crippen LogP contribution in [-0.4, -0.2) is 93.6 Å². The van der Waals surface area contributed by atoms with Gasteiger partial charge in [-0.05, 0) is 44.9 Å². The molecule has 3 aliphatic heterocycles. The van der Waals surface area contributed by atoms with Crippen molar-refractivity contribution < 1.29 is 24.2 Å². The lowest BCUT2D eigenvalue weighted by Crippen LogP contribution is -2.60. The van der Waals surface area contributed by atoms with Crippen molar-refractivity contribution in [1.82, 2.24) is 14.7 Å². The SMILES string of the molecule is C=CCN(C)C(=O)[C@H]1[C@H]2C(=O)N([C@@H](CO)CC(C)C)C(C(=O)N(CC=C)C3CCCCC3)C23CC[C@]1(C)O3. The molecular weight excluding hydrogens is 482 g/mol. The first-order valence-electron chi connectivity index (χ1n) is 14.5. The Balaban J connectivity index is 1.81. The second kappa shape index (κ2) is 11.1. The number of aliphatic hydroxyl groups is 1. The highest BCUT2D eigenvalue weighted by molar-refractivity contribution is 5.99. The van der Waals surface area contributed by atoms with Gasteiger partial charge in [0.15, 0.2) is 0 Å². The van der Waals surface area contributed by atoms with E-state index >= 15 is 0 Å². The molecule has 4 fully saturated rings. The topological polar surface area (TPSA) is 90.4 Å². The zero-order valence-corrected chi connectivity index (χ0v) is 23.7. The van der Waals surface area contributed by atoms with Crippen LogP contribution in [-0.2, 0) is 19.1 Å². The van der Waals surface area contributed by atoms with Crippen molar-refractivity contribution in [2.24, 2.45) is 17.8 Å². The van der Waals surface area contributed by atoms with Crippen LogP contribution in [0.4, 0.5) is 0 Å². The quantitative estimate of drug-likeness (QED) is 0.416. The number of fused-ring (bicyclic) bond motifs is 1. The van der Waals surface area contributed by atoms with Crippen molar-refractivity contribution in [3.63, 3.8) is 0 Å². The maximum Gasteiger partial charge on any atom is 0.248 e. The molecule has 4 aliphatic rings. The largest absolute Gasteiger partial charge is 0.394 e. The monoisotopic (exact) mass is 529 g/mol. The molecule has 3 heterocycles. The summed E-state index contributed by atoms with van der Waals surface area (Å²) in [5, 5.41) is 10.5. The predicted molar refractivity (Wildman–Crippen MR) is 146 cm³/mol. The Hall–Kier alpha value is -2.19. The van der Waals surface area contributed by atoms with Gasteiger partial charge in [0.05, 0.1) is 30.1 Å². The average molecular weight is 530 g/mol. The van der Waals surface area contributed by atoms with Gasteiger partial charge in [-0.2, -0.15) is 0 Å². The lowest BCUT2D eigenvalue weighted by molar-refractivity contribution is -0.158. The van der Waals surface area contributed by atoms with Gasteiger partial charge in [-0.3, -0.25) is 14.4 Å². The van der Waals surface area contributed by atoms with Gasteiger partial charge in [0.1, 0.15) is 11.6 Å². The van der Waals surface area contributed by atoms with E-state index in [1.807, 2.05) is 25.7 Å². The first-order valence-corrected chi connectivity index (χ1v) is 14.5. The summed E-state index contributed by atoms with van der Waals surface area (Å²) < 4.78 is 6.79. The van der Waals surface area contributed by atoms with Crippen molar-refractivity contribution in [3.8, 4) is 0 Å². The number of carbonyl (C=O) groups is 3. The highest BCUT2D eigenvalue weighted by Crippen LogP contribution is 2.64. The van der Waals surface area contributed by atoms with Crippen LogP contribution in [0.15, 0.2) is 25.3 Å². The Kier molecular flexibility index (Phi) is 8.43. The molecule has 8 nitrogen and oxygen atoms in total. The van der Waals surface area contributed by atoms with Crippen molar-refractivity contribution >= 4 is 17.7 Å². The van der Waals surface area contributed by atoms with E-state index in [1.54, 1.807) is 29.0 Å². The second-order valence-corrected chi connectivity index (χ2v) is 12.5. The molecule has 8 heteroatoms. The minimum Gasteiger partial charge on any atom is -0.394 e. The smallest absolute Gasteiger partial charge is 0.248 e. The van der Waals surface area contributed by atoms with Gasteiger partial charge in [-0.25, -0.2) is 0 Å². The number of likely N-dealkylation sites (N-methyl/N-ethyl adjacent to an activating group) is 1. The number of carbonyl (C=O) groups excluding carboxylic acids is 3.